The summed E-state index contributed by atoms with van der Waals surface area (Å²) >= 11 is 0. The molecule has 1 unspecified atom stereocenters. The second-order valence-electron chi connectivity index (χ2n) is 6.08. The molecule has 2 heterocycles. The summed E-state index contributed by atoms with van der Waals surface area (Å²) in [5.41, 5.74) is -0.475. The summed E-state index contributed by atoms with van der Waals surface area (Å²) in [4.78, 5) is 14.4. The summed E-state index contributed by atoms with van der Waals surface area (Å²) in [6.45, 7) is 3.06. The van der Waals surface area contributed by atoms with Crippen molar-refractivity contribution in [3.8, 4) is 0 Å². The van der Waals surface area contributed by atoms with Crippen molar-refractivity contribution in [3.05, 3.63) is 47.7 Å². The van der Waals surface area contributed by atoms with Gasteiger partial charge in [0.25, 0.3) is 5.91 Å². The molecule has 1 aromatic carbocycles. The zero-order valence-corrected chi connectivity index (χ0v) is 14.0. The topological polar surface area (TPSA) is 58.1 Å². The van der Waals surface area contributed by atoms with Crippen molar-refractivity contribution in [2.45, 2.75) is 38.6 Å². The van der Waals surface area contributed by atoms with Crippen LogP contribution in [0.4, 0.5) is 20.3 Å². The molecule has 132 valence electrons. The molecule has 1 saturated heterocycles. The van der Waals surface area contributed by atoms with Gasteiger partial charge in [-0.25, -0.2) is 8.78 Å². The molecule has 1 aliphatic heterocycles. The Labute approximate surface area is 145 Å². The number of benzene rings is 1. The van der Waals surface area contributed by atoms with Crippen molar-refractivity contribution < 1.29 is 13.6 Å². The SMILES string of the molecule is CCC1CCCCN1c1ccc(C(=O)Nc2c(F)cccc2F)nn1. The van der Waals surface area contributed by atoms with E-state index in [9.17, 15) is 13.6 Å². The summed E-state index contributed by atoms with van der Waals surface area (Å²) in [5.74, 6) is -1.65. The van der Waals surface area contributed by atoms with E-state index in [0.29, 0.717) is 6.04 Å². The molecule has 0 spiro atoms. The zero-order valence-electron chi connectivity index (χ0n) is 14.0. The molecular weight excluding hydrogens is 326 g/mol. The number of nitrogens with zero attached hydrogens (tertiary/aromatic N) is 3. The highest BCUT2D eigenvalue weighted by Gasteiger charge is 2.23. The largest absolute Gasteiger partial charge is 0.352 e. The molecule has 5 nitrogen and oxygen atoms in total. The molecule has 25 heavy (non-hydrogen) atoms. The van der Waals surface area contributed by atoms with Gasteiger partial charge in [-0.15, -0.1) is 10.2 Å². The second-order valence-corrected chi connectivity index (χ2v) is 6.08. The van der Waals surface area contributed by atoms with Crippen LogP contribution in [0.5, 0.6) is 0 Å². The number of hydrogen-bond donors (Lipinski definition) is 1. The first-order valence-electron chi connectivity index (χ1n) is 8.46. The summed E-state index contributed by atoms with van der Waals surface area (Å²) in [6, 6.07) is 7.07. The van der Waals surface area contributed by atoms with Gasteiger partial charge in [-0.3, -0.25) is 4.79 Å². The number of piperidine rings is 1. The van der Waals surface area contributed by atoms with Crippen molar-refractivity contribution in [1.29, 1.82) is 0 Å². The molecule has 2 aromatic rings. The molecule has 1 aromatic heterocycles. The third kappa shape index (κ3) is 3.75. The number of nitrogens with one attached hydrogen (secondary N) is 1. The van der Waals surface area contributed by atoms with Gasteiger partial charge < -0.3 is 10.2 Å². The first-order valence-corrected chi connectivity index (χ1v) is 8.46. The van der Waals surface area contributed by atoms with Gasteiger partial charge in [0.15, 0.2) is 11.5 Å². The molecule has 7 heteroatoms. The number of hydrogen-bond acceptors (Lipinski definition) is 4. The number of aromatic nitrogens is 2. The number of amides is 1. The average Bonchev–Trinajstić information content (AvgIpc) is 2.65. The fourth-order valence-electron chi connectivity index (χ4n) is 3.12. The van der Waals surface area contributed by atoms with Gasteiger partial charge >= 0.3 is 0 Å². The van der Waals surface area contributed by atoms with Gasteiger partial charge in [0, 0.05) is 12.6 Å². The van der Waals surface area contributed by atoms with Crippen molar-refractivity contribution in [3.63, 3.8) is 0 Å². The van der Waals surface area contributed by atoms with Crippen LogP contribution in [0.25, 0.3) is 0 Å². The molecule has 1 fully saturated rings. The van der Waals surface area contributed by atoms with Crippen LogP contribution in [0.1, 0.15) is 43.1 Å². The zero-order chi connectivity index (χ0) is 17.8. The van der Waals surface area contributed by atoms with Crippen molar-refractivity contribution >= 4 is 17.4 Å². The highest BCUT2D eigenvalue weighted by atomic mass is 19.1. The third-order valence-corrected chi connectivity index (χ3v) is 4.48. The molecule has 1 amide bonds. The Hall–Kier alpha value is -2.57. The summed E-state index contributed by atoms with van der Waals surface area (Å²) in [7, 11) is 0. The standard InChI is InChI=1S/C18H20F2N4O/c1-2-12-6-3-4-11-24(12)16-10-9-15(22-23-16)18(25)21-17-13(19)7-5-8-14(17)20/h5,7-10,12H,2-4,6,11H2,1H3,(H,21,25). The van der Waals surface area contributed by atoms with E-state index in [1.807, 2.05) is 0 Å². The van der Waals surface area contributed by atoms with Gasteiger partial charge in [-0.1, -0.05) is 13.0 Å². The minimum absolute atomic E-state index is 0.0106. The fourth-order valence-corrected chi connectivity index (χ4v) is 3.12. The average molecular weight is 346 g/mol. The summed E-state index contributed by atoms with van der Waals surface area (Å²) in [6.07, 6.45) is 4.45. The van der Waals surface area contributed by atoms with Crippen LogP contribution in [0.2, 0.25) is 0 Å². The van der Waals surface area contributed by atoms with E-state index in [0.717, 1.165) is 43.8 Å². The van der Waals surface area contributed by atoms with Crippen LogP contribution < -0.4 is 10.2 Å². The van der Waals surface area contributed by atoms with Gasteiger partial charge in [-0.2, -0.15) is 0 Å². The van der Waals surface area contributed by atoms with E-state index < -0.39 is 23.2 Å². The van der Waals surface area contributed by atoms with E-state index in [-0.39, 0.29) is 5.69 Å². The van der Waals surface area contributed by atoms with Crippen LogP contribution in [0.3, 0.4) is 0 Å². The molecule has 0 saturated carbocycles. The van der Waals surface area contributed by atoms with Crippen molar-refractivity contribution in [2.24, 2.45) is 0 Å². The highest BCUT2D eigenvalue weighted by Crippen LogP contribution is 2.24. The molecule has 3 rings (SSSR count). The second kappa shape index (κ2) is 7.55. The van der Waals surface area contributed by atoms with Crippen molar-refractivity contribution in [2.75, 3.05) is 16.8 Å². The maximum atomic E-state index is 13.6. The monoisotopic (exact) mass is 346 g/mol. The van der Waals surface area contributed by atoms with Gasteiger partial charge in [0.1, 0.15) is 17.3 Å². The summed E-state index contributed by atoms with van der Waals surface area (Å²) in [5, 5.41) is 10.3. The Kier molecular flexibility index (Phi) is 5.21. The number of carbonyl (C=O) groups excluding carboxylic acids is 1. The summed E-state index contributed by atoms with van der Waals surface area (Å²) < 4.78 is 27.2. The number of rotatable bonds is 4. The number of halogens is 2. The number of para-hydroxylation sites is 1. The molecule has 1 N–H and O–H groups in total. The third-order valence-electron chi connectivity index (χ3n) is 4.48. The van der Waals surface area contributed by atoms with Gasteiger partial charge in [0.05, 0.1) is 0 Å². The van der Waals surface area contributed by atoms with E-state index in [1.165, 1.54) is 18.6 Å². The van der Waals surface area contributed by atoms with Gasteiger partial charge in [-0.05, 0) is 49.9 Å². The van der Waals surface area contributed by atoms with Crippen LogP contribution in [0, 0.1) is 11.6 Å². The van der Waals surface area contributed by atoms with Crippen LogP contribution in [0.15, 0.2) is 30.3 Å². The maximum absolute atomic E-state index is 13.6. The first kappa shape index (κ1) is 17.3. The predicted octanol–water partition coefficient (Wildman–Crippen LogP) is 3.78. The van der Waals surface area contributed by atoms with E-state index in [2.05, 4.69) is 27.3 Å². The smallest absolute Gasteiger partial charge is 0.276 e. The van der Waals surface area contributed by atoms with E-state index >= 15 is 0 Å². The minimum Gasteiger partial charge on any atom is -0.352 e. The normalized spacial score (nSPS) is 17.4. The van der Waals surface area contributed by atoms with Crippen LogP contribution in [-0.4, -0.2) is 28.7 Å². The minimum atomic E-state index is -0.836. The quantitative estimate of drug-likeness (QED) is 0.915. The highest BCUT2D eigenvalue weighted by molar-refractivity contribution is 6.02. The lowest BCUT2D eigenvalue weighted by atomic mass is 10.0. The molecule has 0 radical (unpaired) electrons. The van der Waals surface area contributed by atoms with Crippen molar-refractivity contribution in [1.82, 2.24) is 10.2 Å². The Balaban J connectivity index is 1.74. The molecule has 1 atom stereocenters. The lowest BCUT2D eigenvalue weighted by Crippen LogP contribution is -2.39. The number of carbonyl (C=O) groups is 1. The first-order chi connectivity index (χ1) is 12.1. The molecule has 1 aliphatic rings. The predicted molar refractivity (Wildman–Crippen MR) is 91.6 cm³/mol. The lowest BCUT2D eigenvalue weighted by Gasteiger charge is -2.35. The Morgan fingerprint density at radius 3 is 2.60 bits per heavy atom. The van der Waals surface area contributed by atoms with E-state index in [1.54, 1.807) is 6.07 Å². The molecule has 0 aliphatic carbocycles. The number of anilines is 2. The van der Waals surface area contributed by atoms with Gasteiger partial charge in [0.2, 0.25) is 0 Å². The Bertz CT molecular complexity index is 731. The Morgan fingerprint density at radius 2 is 1.96 bits per heavy atom. The fraction of sp³-hybridized carbons (Fsp3) is 0.389. The Morgan fingerprint density at radius 1 is 1.20 bits per heavy atom. The molecular formula is C18H20F2N4O. The maximum Gasteiger partial charge on any atom is 0.276 e. The van der Waals surface area contributed by atoms with Crippen LogP contribution >= 0.6 is 0 Å². The van der Waals surface area contributed by atoms with Crippen LogP contribution in [-0.2, 0) is 0 Å². The lowest BCUT2D eigenvalue weighted by molar-refractivity contribution is 0.102. The molecule has 0 bridgehead atoms. The van der Waals surface area contributed by atoms with E-state index in [4.69, 9.17) is 0 Å².